The minimum atomic E-state index is -0.00487. The monoisotopic (exact) mass is 479 g/mol. The first kappa shape index (κ1) is 26.5. The van der Waals surface area contributed by atoms with E-state index in [-0.39, 0.29) is 10.8 Å². The van der Waals surface area contributed by atoms with E-state index in [1.165, 1.54) is 22.3 Å². The zero-order valence-corrected chi connectivity index (χ0v) is 22.9. The topological polar surface area (TPSA) is 76.7 Å². The summed E-state index contributed by atoms with van der Waals surface area (Å²) >= 11 is 1.69. The molecule has 0 radical (unpaired) electrons. The lowest BCUT2D eigenvalue weighted by Crippen LogP contribution is -2.46. The van der Waals surface area contributed by atoms with Crippen LogP contribution in [0.3, 0.4) is 0 Å². The van der Waals surface area contributed by atoms with Gasteiger partial charge in [-0.2, -0.15) is 0 Å². The van der Waals surface area contributed by atoms with Crippen molar-refractivity contribution in [3.63, 3.8) is 0 Å². The molecule has 0 aliphatic heterocycles. The zero-order chi connectivity index (χ0) is 25.1. The smallest absolute Gasteiger partial charge is 0.108 e. The van der Waals surface area contributed by atoms with Crippen LogP contribution in [0.15, 0.2) is 29.9 Å². The standard InChI is InChI=1S/C28H41N5S/c1-18-12-21(19(2)11-20(18)9-10-30-24(14-29)27(3,4)5)13-26-33-23(17-34-26)22-15-32-25(16-31-22)28(6,7)8/h11-12,15-17,24,30H,9-10,13-14,29H2,1-8H3. The number of hydrogen-bond acceptors (Lipinski definition) is 6. The van der Waals surface area contributed by atoms with Crippen molar-refractivity contribution in [3.8, 4) is 11.4 Å². The predicted octanol–water partition coefficient (Wildman–Crippen LogP) is 5.61. The number of hydrogen-bond donors (Lipinski definition) is 2. The minimum absolute atomic E-state index is 0.00487. The number of rotatable bonds is 8. The van der Waals surface area contributed by atoms with Crippen molar-refractivity contribution in [1.29, 1.82) is 0 Å². The van der Waals surface area contributed by atoms with Crippen molar-refractivity contribution >= 4 is 11.3 Å². The summed E-state index contributed by atoms with van der Waals surface area (Å²) in [5, 5.41) is 6.83. The number of aryl methyl sites for hydroxylation is 2. The van der Waals surface area contributed by atoms with Crippen molar-refractivity contribution in [2.45, 2.75) is 79.7 Å². The molecule has 3 rings (SSSR count). The Kier molecular flexibility index (Phi) is 8.27. The summed E-state index contributed by atoms with van der Waals surface area (Å²) in [6.07, 6.45) is 5.55. The van der Waals surface area contributed by atoms with Gasteiger partial charge in [0.15, 0.2) is 0 Å². The van der Waals surface area contributed by atoms with E-state index >= 15 is 0 Å². The first-order valence-corrected chi connectivity index (χ1v) is 13.1. The molecule has 0 saturated heterocycles. The quantitative estimate of drug-likeness (QED) is 0.439. The molecule has 1 unspecified atom stereocenters. The van der Waals surface area contributed by atoms with E-state index in [9.17, 15) is 0 Å². The molecular formula is C28H41N5S. The van der Waals surface area contributed by atoms with Gasteiger partial charge in [-0.1, -0.05) is 53.7 Å². The van der Waals surface area contributed by atoms with E-state index in [2.05, 4.69) is 88.2 Å². The van der Waals surface area contributed by atoms with E-state index in [0.29, 0.717) is 12.6 Å². The molecule has 0 bridgehead atoms. The number of benzene rings is 1. The molecular weight excluding hydrogens is 438 g/mol. The van der Waals surface area contributed by atoms with Crippen LogP contribution in [0.5, 0.6) is 0 Å². The fraction of sp³-hybridized carbons (Fsp3) is 0.536. The second-order valence-electron chi connectivity index (χ2n) is 11.4. The fourth-order valence-electron chi connectivity index (χ4n) is 4.04. The highest BCUT2D eigenvalue weighted by atomic mass is 32.1. The van der Waals surface area contributed by atoms with E-state index < -0.39 is 0 Å². The van der Waals surface area contributed by atoms with Gasteiger partial charge in [-0.15, -0.1) is 11.3 Å². The molecule has 184 valence electrons. The third kappa shape index (κ3) is 6.71. The van der Waals surface area contributed by atoms with Crippen LogP contribution in [0.2, 0.25) is 0 Å². The van der Waals surface area contributed by atoms with Gasteiger partial charge in [-0.3, -0.25) is 9.97 Å². The summed E-state index contributed by atoms with van der Waals surface area (Å²) < 4.78 is 0. The molecule has 0 fully saturated rings. The Labute approximate surface area is 209 Å². The van der Waals surface area contributed by atoms with Crippen molar-refractivity contribution < 1.29 is 0 Å². The van der Waals surface area contributed by atoms with Gasteiger partial charge < -0.3 is 11.1 Å². The summed E-state index contributed by atoms with van der Waals surface area (Å²) in [6, 6.07) is 4.99. The maximum absolute atomic E-state index is 5.97. The summed E-state index contributed by atoms with van der Waals surface area (Å²) in [6.45, 7) is 19.1. The van der Waals surface area contributed by atoms with Gasteiger partial charge in [-0.05, 0) is 54.5 Å². The molecule has 0 spiro atoms. The van der Waals surface area contributed by atoms with E-state index in [4.69, 9.17) is 10.7 Å². The van der Waals surface area contributed by atoms with Crippen LogP contribution in [0.4, 0.5) is 0 Å². The number of nitrogens with two attached hydrogens (primary N) is 1. The summed E-state index contributed by atoms with van der Waals surface area (Å²) in [4.78, 5) is 14.1. The molecule has 1 aromatic carbocycles. The van der Waals surface area contributed by atoms with Crippen LogP contribution in [0.25, 0.3) is 11.4 Å². The number of nitrogens with zero attached hydrogens (tertiary/aromatic N) is 3. The molecule has 3 N–H and O–H groups in total. The molecule has 0 amide bonds. The average Bonchev–Trinajstić information content (AvgIpc) is 3.21. The molecule has 6 heteroatoms. The molecule has 34 heavy (non-hydrogen) atoms. The van der Waals surface area contributed by atoms with Crippen LogP contribution in [-0.2, 0) is 18.3 Å². The first-order valence-electron chi connectivity index (χ1n) is 12.2. The van der Waals surface area contributed by atoms with E-state index in [0.717, 1.165) is 41.5 Å². The Hall–Kier alpha value is -2.15. The Morgan fingerprint density at radius 1 is 0.941 bits per heavy atom. The highest BCUT2D eigenvalue weighted by Gasteiger charge is 2.22. The summed E-state index contributed by atoms with van der Waals surface area (Å²) in [5.41, 5.74) is 14.2. The van der Waals surface area contributed by atoms with Gasteiger partial charge in [0.2, 0.25) is 0 Å². The normalized spacial score (nSPS) is 13.3. The first-order chi connectivity index (χ1) is 15.9. The van der Waals surface area contributed by atoms with Crippen molar-refractivity contribution in [3.05, 3.63) is 62.9 Å². The molecule has 0 aliphatic carbocycles. The Morgan fingerprint density at radius 3 is 2.21 bits per heavy atom. The van der Waals surface area contributed by atoms with E-state index in [1.54, 1.807) is 11.3 Å². The van der Waals surface area contributed by atoms with Gasteiger partial charge in [0, 0.05) is 36.0 Å². The number of thiazole rings is 1. The lowest BCUT2D eigenvalue weighted by Gasteiger charge is -2.30. The SMILES string of the molecule is Cc1cc(Cc2nc(-c3cnc(C(C)(C)C)cn3)cs2)c(C)cc1CCNC(CN)C(C)(C)C. The van der Waals surface area contributed by atoms with Crippen LogP contribution in [0, 0.1) is 19.3 Å². The molecule has 2 aromatic heterocycles. The van der Waals surface area contributed by atoms with Gasteiger partial charge in [0.05, 0.1) is 16.9 Å². The van der Waals surface area contributed by atoms with Gasteiger partial charge in [-0.25, -0.2) is 4.98 Å². The largest absolute Gasteiger partial charge is 0.329 e. The van der Waals surface area contributed by atoms with E-state index in [1.807, 2.05) is 12.4 Å². The van der Waals surface area contributed by atoms with Crippen molar-refractivity contribution in [2.24, 2.45) is 11.1 Å². The molecule has 3 aromatic rings. The molecule has 1 atom stereocenters. The van der Waals surface area contributed by atoms with Crippen LogP contribution in [0.1, 0.15) is 74.5 Å². The lowest BCUT2D eigenvalue weighted by atomic mass is 9.86. The maximum atomic E-state index is 5.97. The van der Waals surface area contributed by atoms with Crippen molar-refractivity contribution in [1.82, 2.24) is 20.3 Å². The fourth-order valence-corrected chi connectivity index (χ4v) is 4.85. The molecule has 0 saturated carbocycles. The Bertz CT molecular complexity index is 1090. The number of nitrogens with one attached hydrogen (secondary N) is 1. The minimum Gasteiger partial charge on any atom is -0.329 e. The van der Waals surface area contributed by atoms with Crippen molar-refractivity contribution in [2.75, 3.05) is 13.1 Å². The van der Waals surface area contributed by atoms with Crippen LogP contribution >= 0.6 is 11.3 Å². The van der Waals surface area contributed by atoms with Crippen LogP contribution < -0.4 is 11.1 Å². The third-order valence-corrected chi connectivity index (χ3v) is 7.29. The summed E-state index contributed by atoms with van der Waals surface area (Å²) in [7, 11) is 0. The average molecular weight is 480 g/mol. The zero-order valence-electron chi connectivity index (χ0n) is 22.1. The van der Waals surface area contributed by atoms with Gasteiger partial charge in [0.1, 0.15) is 11.4 Å². The third-order valence-electron chi connectivity index (χ3n) is 6.44. The highest BCUT2D eigenvalue weighted by Crippen LogP contribution is 2.26. The molecule has 2 heterocycles. The molecule has 5 nitrogen and oxygen atoms in total. The predicted molar refractivity (Wildman–Crippen MR) is 145 cm³/mol. The number of aromatic nitrogens is 3. The van der Waals surface area contributed by atoms with Gasteiger partial charge >= 0.3 is 0 Å². The highest BCUT2D eigenvalue weighted by molar-refractivity contribution is 7.10. The van der Waals surface area contributed by atoms with Crippen LogP contribution in [-0.4, -0.2) is 34.1 Å². The Balaban J connectivity index is 1.67. The molecule has 0 aliphatic rings. The maximum Gasteiger partial charge on any atom is 0.108 e. The van der Waals surface area contributed by atoms with Gasteiger partial charge in [0.25, 0.3) is 0 Å². The Morgan fingerprint density at radius 2 is 1.62 bits per heavy atom. The second-order valence-corrected chi connectivity index (χ2v) is 12.3. The lowest BCUT2D eigenvalue weighted by molar-refractivity contribution is 0.275. The second kappa shape index (κ2) is 10.6. The summed E-state index contributed by atoms with van der Waals surface area (Å²) in [5.74, 6) is 0.